The number of amides is 1. The molecule has 0 aliphatic rings. The maximum Gasteiger partial charge on any atom is 0.291 e. The Kier molecular flexibility index (Phi) is 4.57. The van der Waals surface area contributed by atoms with E-state index in [-0.39, 0.29) is 17.5 Å². The number of benzene rings is 2. The van der Waals surface area contributed by atoms with E-state index in [2.05, 4.69) is 5.32 Å². The van der Waals surface area contributed by atoms with Gasteiger partial charge in [0.25, 0.3) is 5.91 Å². The van der Waals surface area contributed by atoms with Crippen molar-refractivity contribution in [1.29, 1.82) is 0 Å². The van der Waals surface area contributed by atoms with Gasteiger partial charge < -0.3 is 9.73 Å². The maximum absolute atomic E-state index is 12.3. The van der Waals surface area contributed by atoms with Crippen LogP contribution in [0.1, 0.15) is 39.2 Å². The molecule has 24 heavy (non-hydrogen) atoms. The molecule has 0 radical (unpaired) electrons. The number of hydrogen-bond acceptors (Lipinski definition) is 3. The highest BCUT2D eigenvalue weighted by molar-refractivity contribution is 6.03. The molecule has 0 bridgehead atoms. The second kappa shape index (κ2) is 6.96. The lowest BCUT2D eigenvalue weighted by Crippen LogP contribution is -2.11. The fourth-order valence-corrected chi connectivity index (χ4v) is 2.40. The average molecular weight is 319 g/mol. The lowest BCUT2D eigenvalue weighted by atomic mass is 10.1. The van der Waals surface area contributed by atoms with Crippen LogP contribution in [0.15, 0.2) is 71.1 Å². The molecule has 0 unspecified atom stereocenters. The number of Topliss-reactive ketones (excluding diaryl/α,β-unsaturated/α-hetero) is 1. The largest absolute Gasteiger partial charge is 0.456 e. The minimum Gasteiger partial charge on any atom is -0.456 e. The third kappa shape index (κ3) is 3.79. The summed E-state index contributed by atoms with van der Waals surface area (Å²) in [5.74, 6) is 0.585. The predicted molar refractivity (Wildman–Crippen MR) is 92.4 cm³/mol. The maximum atomic E-state index is 12.3. The molecule has 0 aliphatic carbocycles. The minimum absolute atomic E-state index is 0.0470. The van der Waals surface area contributed by atoms with Gasteiger partial charge in [-0.05, 0) is 36.8 Å². The van der Waals surface area contributed by atoms with Gasteiger partial charge in [0.2, 0.25) is 0 Å². The lowest BCUT2D eigenvalue weighted by Gasteiger charge is -2.04. The number of rotatable bonds is 5. The fraction of sp³-hybridized carbons (Fsp3) is 0.100. The second-order valence-electron chi connectivity index (χ2n) is 5.52. The summed E-state index contributed by atoms with van der Waals surface area (Å²) in [4.78, 5) is 23.7. The van der Waals surface area contributed by atoms with E-state index in [1.165, 1.54) is 6.92 Å². The summed E-state index contributed by atoms with van der Waals surface area (Å²) in [6, 6.07) is 20.2. The zero-order chi connectivity index (χ0) is 16.9. The summed E-state index contributed by atoms with van der Waals surface area (Å²) in [5.41, 5.74) is 2.23. The third-order valence-corrected chi connectivity index (χ3v) is 3.63. The van der Waals surface area contributed by atoms with Crippen LogP contribution in [0.2, 0.25) is 0 Å². The van der Waals surface area contributed by atoms with Gasteiger partial charge in [-0.25, -0.2) is 0 Å². The van der Waals surface area contributed by atoms with Gasteiger partial charge >= 0.3 is 0 Å². The van der Waals surface area contributed by atoms with Gasteiger partial charge in [-0.1, -0.05) is 42.5 Å². The van der Waals surface area contributed by atoms with Crippen LogP contribution in [0.5, 0.6) is 0 Å². The van der Waals surface area contributed by atoms with Gasteiger partial charge in [-0.3, -0.25) is 9.59 Å². The van der Waals surface area contributed by atoms with E-state index in [0.29, 0.717) is 17.7 Å². The highest BCUT2D eigenvalue weighted by atomic mass is 16.3. The van der Waals surface area contributed by atoms with Crippen molar-refractivity contribution < 1.29 is 14.0 Å². The molecule has 1 amide bonds. The fourth-order valence-electron chi connectivity index (χ4n) is 2.40. The summed E-state index contributed by atoms with van der Waals surface area (Å²) < 4.78 is 5.62. The number of hydrogen-bond donors (Lipinski definition) is 1. The molecule has 4 heteroatoms. The molecule has 4 nitrogen and oxygen atoms in total. The molecule has 0 spiro atoms. The van der Waals surface area contributed by atoms with Crippen molar-refractivity contribution in [1.82, 2.24) is 0 Å². The van der Waals surface area contributed by atoms with Gasteiger partial charge in [-0.2, -0.15) is 0 Å². The Morgan fingerprint density at radius 1 is 0.958 bits per heavy atom. The highest BCUT2D eigenvalue weighted by Gasteiger charge is 2.12. The Bertz CT molecular complexity index is 865. The monoisotopic (exact) mass is 319 g/mol. The number of carbonyl (C=O) groups excluding carboxylic acids is 2. The Morgan fingerprint density at radius 2 is 1.75 bits per heavy atom. The molecule has 0 saturated carbocycles. The number of carbonyl (C=O) groups is 2. The van der Waals surface area contributed by atoms with Gasteiger partial charge in [0.1, 0.15) is 5.76 Å². The molecule has 120 valence electrons. The summed E-state index contributed by atoms with van der Waals surface area (Å²) >= 11 is 0. The van der Waals surface area contributed by atoms with Crippen molar-refractivity contribution >= 4 is 17.4 Å². The van der Waals surface area contributed by atoms with E-state index in [1.54, 1.807) is 36.4 Å². The van der Waals surface area contributed by atoms with Gasteiger partial charge in [0.05, 0.1) is 0 Å². The molecule has 0 saturated heterocycles. The van der Waals surface area contributed by atoms with Crippen LogP contribution in [-0.2, 0) is 6.42 Å². The van der Waals surface area contributed by atoms with Crippen LogP contribution in [0.3, 0.4) is 0 Å². The third-order valence-electron chi connectivity index (χ3n) is 3.63. The number of nitrogens with one attached hydrogen (secondary N) is 1. The Hall–Kier alpha value is -3.14. The van der Waals surface area contributed by atoms with Crippen LogP contribution in [-0.4, -0.2) is 11.7 Å². The molecule has 1 heterocycles. The van der Waals surface area contributed by atoms with Crippen molar-refractivity contribution in [2.24, 2.45) is 0 Å². The number of furan rings is 1. The highest BCUT2D eigenvalue weighted by Crippen LogP contribution is 2.16. The van der Waals surface area contributed by atoms with E-state index in [0.717, 1.165) is 11.3 Å². The molecule has 1 N–H and O–H groups in total. The molecule has 1 aromatic heterocycles. The average Bonchev–Trinajstić information content (AvgIpc) is 3.04. The summed E-state index contributed by atoms with van der Waals surface area (Å²) in [6.07, 6.45) is 0.633. The molecule has 2 aromatic carbocycles. The van der Waals surface area contributed by atoms with Crippen LogP contribution >= 0.6 is 0 Å². The SMILES string of the molecule is CC(=O)c1cccc(NC(=O)c2ccc(Cc3ccccc3)o2)c1. The number of anilines is 1. The van der Waals surface area contributed by atoms with Crippen molar-refractivity contribution in [3.05, 3.63) is 89.4 Å². The lowest BCUT2D eigenvalue weighted by molar-refractivity contribution is 0.0990. The summed E-state index contributed by atoms with van der Waals surface area (Å²) in [5, 5.41) is 2.75. The molecule has 0 fully saturated rings. The standard InChI is InChI=1S/C20H17NO3/c1-14(22)16-8-5-9-17(13-16)21-20(23)19-11-10-18(24-19)12-15-6-3-2-4-7-15/h2-11,13H,12H2,1H3,(H,21,23). The second-order valence-corrected chi connectivity index (χ2v) is 5.52. The molecular formula is C20H17NO3. The van der Waals surface area contributed by atoms with Crippen LogP contribution in [0.4, 0.5) is 5.69 Å². The minimum atomic E-state index is -0.338. The van der Waals surface area contributed by atoms with Crippen LogP contribution in [0.25, 0.3) is 0 Å². The Balaban J connectivity index is 1.70. The molecule has 3 aromatic rings. The van der Waals surface area contributed by atoms with E-state index in [9.17, 15) is 9.59 Å². The van der Waals surface area contributed by atoms with Crippen molar-refractivity contribution in [3.8, 4) is 0 Å². The first-order valence-corrected chi connectivity index (χ1v) is 7.67. The zero-order valence-electron chi connectivity index (χ0n) is 13.3. The topological polar surface area (TPSA) is 59.3 Å². The van der Waals surface area contributed by atoms with Crippen LogP contribution in [0, 0.1) is 0 Å². The van der Waals surface area contributed by atoms with Crippen LogP contribution < -0.4 is 5.32 Å². The Morgan fingerprint density at radius 3 is 2.50 bits per heavy atom. The molecule has 0 atom stereocenters. The van der Waals surface area contributed by atoms with Crippen molar-refractivity contribution in [2.75, 3.05) is 5.32 Å². The first-order valence-electron chi connectivity index (χ1n) is 7.67. The van der Waals surface area contributed by atoms with Crippen molar-refractivity contribution in [2.45, 2.75) is 13.3 Å². The Labute approximate surface area is 140 Å². The molecular weight excluding hydrogens is 302 g/mol. The van der Waals surface area contributed by atoms with Gasteiger partial charge in [0, 0.05) is 17.7 Å². The van der Waals surface area contributed by atoms with Gasteiger partial charge in [0.15, 0.2) is 11.5 Å². The van der Waals surface area contributed by atoms with E-state index >= 15 is 0 Å². The summed E-state index contributed by atoms with van der Waals surface area (Å²) in [6.45, 7) is 1.49. The van der Waals surface area contributed by atoms with E-state index in [4.69, 9.17) is 4.42 Å². The molecule has 0 aliphatic heterocycles. The first-order chi connectivity index (χ1) is 11.6. The van der Waals surface area contributed by atoms with Gasteiger partial charge in [-0.15, -0.1) is 0 Å². The molecule has 3 rings (SSSR count). The van der Waals surface area contributed by atoms with E-state index < -0.39 is 0 Å². The number of ketones is 1. The normalized spacial score (nSPS) is 10.4. The quantitative estimate of drug-likeness (QED) is 0.712. The summed E-state index contributed by atoms with van der Waals surface area (Å²) in [7, 11) is 0. The first kappa shape index (κ1) is 15.7. The zero-order valence-corrected chi connectivity index (χ0v) is 13.3. The smallest absolute Gasteiger partial charge is 0.291 e. The van der Waals surface area contributed by atoms with E-state index in [1.807, 2.05) is 30.3 Å². The predicted octanol–water partition coefficient (Wildman–Crippen LogP) is 4.33. The van der Waals surface area contributed by atoms with Crippen molar-refractivity contribution in [3.63, 3.8) is 0 Å².